The number of carbonyl (C=O) groups is 1. The van der Waals surface area contributed by atoms with Gasteiger partial charge >= 0.3 is 0 Å². The Morgan fingerprint density at radius 2 is 1.54 bits per heavy atom. The van der Waals surface area contributed by atoms with E-state index in [-0.39, 0.29) is 5.91 Å². The van der Waals surface area contributed by atoms with Gasteiger partial charge in [-0.3, -0.25) is 4.79 Å². The molecule has 3 aromatic rings. The van der Waals surface area contributed by atoms with Gasteiger partial charge in [-0.2, -0.15) is 0 Å². The molecule has 0 atom stereocenters. The van der Waals surface area contributed by atoms with Gasteiger partial charge in [0.05, 0.1) is 26.1 Å². The predicted octanol–water partition coefficient (Wildman–Crippen LogP) is 4.71. The van der Waals surface area contributed by atoms with Crippen molar-refractivity contribution in [2.75, 3.05) is 24.9 Å². The minimum Gasteiger partial charge on any atom is -0.493 e. The van der Waals surface area contributed by atoms with Crippen LogP contribution in [-0.4, -0.2) is 25.1 Å². The van der Waals surface area contributed by atoms with Gasteiger partial charge in [-0.05, 0) is 61.4 Å². The largest absolute Gasteiger partial charge is 0.493 e. The third-order valence-electron chi connectivity index (χ3n) is 4.43. The average molecular weight is 377 g/mol. The molecular weight excluding hydrogens is 354 g/mol. The summed E-state index contributed by atoms with van der Waals surface area (Å²) in [5, 5.41) is 6.10. The number of anilines is 3. The molecule has 2 aromatic carbocycles. The Hall–Kier alpha value is -3.54. The van der Waals surface area contributed by atoms with E-state index in [1.54, 1.807) is 32.5 Å². The summed E-state index contributed by atoms with van der Waals surface area (Å²) in [6.07, 6.45) is 1.62. The number of methoxy groups -OCH3 is 2. The lowest BCUT2D eigenvalue weighted by atomic mass is 10.1. The lowest BCUT2D eigenvalue weighted by Gasteiger charge is -2.11. The van der Waals surface area contributed by atoms with Gasteiger partial charge in [-0.15, -0.1) is 0 Å². The molecule has 0 radical (unpaired) electrons. The molecule has 0 saturated heterocycles. The molecule has 6 nitrogen and oxygen atoms in total. The van der Waals surface area contributed by atoms with Crippen LogP contribution in [0, 0.1) is 13.8 Å². The molecule has 3 rings (SSSR count). The van der Waals surface area contributed by atoms with Crippen LogP contribution < -0.4 is 20.1 Å². The zero-order valence-corrected chi connectivity index (χ0v) is 16.4. The van der Waals surface area contributed by atoms with E-state index >= 15 is 0 Å². The van der Waals surface area contributed by atoms with E-state index in [2.05, 4.69) is 15.6 Å². The van der Waals surface area contributed by atoms with Crippen LogP contribution in [0.1, 0.15) is 21.6 Å². The summed E-state index contributed by atoms with van der Waals surface area (Å²) in [6.45, 7) is 4.05. The summed E-state index contributed by atoms with van der Waals surface area (Å²) in [4.78, 5) is 16.7. The first kappa shape index (κ1) is 19.2. The van der Waals surface area contributed by atoms with E-state index < -0.39 is 0 Å². The number of amides is 1. The molecule has 0 aliphatic rings. The first-order valence-electron chi connectivity index (χ1n) is 8.84. The topological polar surface area (TPSA) is 72.5 Å². The number of nitrogens with zero attached hydrogens (tertiary/aromatic N) is 1. The molecule has 0 spiro atoms. The van der Waals surface area contributed by atoms with Gasteiger partial charge in [-0.25, -0.2) is 4.98 Å². The van der Waals surface area contributed by atoms with Crippen LogP contribution in [0.15, 0.2) is 54.7 Å². The Kier molecular flexibility index (Phi) is 5.79. The van der Waals surface area contributed by atoms with Crippen molar-refractivity contribution in [3.63, 3.8) is 0 Å². The van der Waals surface area contributed by atoms with Gasteiger partial charge in [0.15, 0.2) is 11.5 Å². The van der Waals surface area contributed by atoms with Crippen molar-refractivity contribution in [2.24, 2.45) is 0 Å². The van der Waals surface area contributed by atoms with Crippen molar-refractivity contribution in [3.05, 3.63) is 71.5 Å². The summed E-state index contributed by atoms with van der Waals surface area (Å²) in [5.41, 5.74) is 4.99. The van der Waals surface area contributed by atoms with Gasteiger partial charge in [0.1, 0.15) is 5.69 Å². The third-order valence-corrected chi connectivity index (χ3v) is 4.43. The Balaban J connectivity index is 1.69. The Morgan fingerprint density at radius 3 is 2.18 bits per heavy atom. The van der Waals surface area contributed by atoms with Crippen molar-refractivity contribution in [3.8, 4) is 11.5 Å². The smallest absolute Gasteiger partial charge is 0.274 e. The molecule has 144 valence electrons. The minimum absolute atomic E-state index is 0.249. The van der Waals surface area contributed by atoms with Crippen molar-refractivity contribution in [1.29, 1.82) is 0 Å². The fraction of sp³-hybridized carbons (Fsp3) is 0.182. The second-order valence-electron chi connectivity index (χ2n) is 6.38. The van der Waals surface area contributed by atoms with E-state index in [1.165, 1.54) is 5.56 Å². The highest BCUT2D eigenvalue weighted by atomic mass is 16.5. The fourth-order valence-corrected chi connectivity index (χ4v) is 2.70. The molecule has 0 bridgehead atoms. The number of pyridine rings is 1. The van der Waals surface area contributed by atoms with Crippen molar-refractivity contribution in [1.82, 2.24) is 4.98 Å². The first-order valence-corrected chi connectivity index (χ1v) is 8.84. The van der Waals surface area contributed by atoms with Crippen LogP contribution in [0.5, 0.6) is 11.5 Å². The number of hydrogen-bond acceptors (Lipinski definition) is 5. The van der Waals surface area contributed by atoms with E-state index in [0.29, 0.717) is 17.2 Å². The summed E-state index contributed by atoms with van der Waals surface area (Å²) in [5.74, 6) is 1.04. The maximum Gasteiger partial charge on any atom is 0.274 e. The fourth-order valence-electron chi connectivity index (χ4n) is 2.70. The van der Waals surface area contributed by atoms with Crippen molar-refractivity contribution >= 4 is 23.0 Å². The number of ether oxygens (including phenoxy) is 2. The van der Waals surface area contributed by atoms with E-state index in [0.717, 1.165) is 22.6 Å². The SMILES string of the molecule is COc1ccc(Nc2ccc(C(=O)Nc3ccc(C)c(C)c3)nc2)cc1OC. The average Bonchev–Trinajstić information content (AvgIpc) is 2.71. The van der Waals surface area contributed by atoms with Crippen LogP contribution in [0.25, 0.3) is 0 Å². The normalized spacial score (nSPS) is 10.3. The number of benzene rings is 2. The quantitative estimate of drug-likeness (QED) is 0.651. The van der Waals surface area contributed by atoms with E-state index in [4.69, 9.17) is 9.47 Å². The molecule has 6 heteroatoms. The Morgan fingerprint density at radius 1 is 0.821 bits per heavy atom. The Bertz CT molecular complexity index is 985. The molecular formula is C22H23N3O3. The predicted molar refractivity (Wildman–Crippen MR) is 111 cm³/mol. The number of aromatic nitrogens is 1. The standard InChI is InChI=1S/C22H23N3O3/c1-14-5-6-16(11-15(14)2)25-22(26)19-9-7-18(13-23-19)24-17-8-10-20(27-3)21(12-17)28-4/h5-13,24H,1-4H3,(H,25,26). The second-order valence-corrected chi connectivity index (χ2v) is 6.38. The van der Waals surface area contributed by atoms with Gasteiger partial charge in [0, 0.05) is 17.4 Å². The maximum absolute atomic E-state index is 12.4. The molecule has 1 heterocycles. The van der Waals surface area contributed by atoms with Gasteiger partial charge in [-0.1, -0.05) is 6.07 Å². The van der Waals surface area contributed by atoms with Crippen molar-refractivity contribution in [2.45, 2.75) is 13.8 Å². The zero-order valence-electron chi connectivity index (χ0n) is 16.4. The van der Waals surface area contributed by atoms with E-state index in [9.17, 15) is 4.79 Å². The highest BCUT2D eigenvalue weighted by molar-refractivity contribution is 6.03. The molecule has 0 fully saturated rings. The van der Waals surface area contributed by atoms with Crippen LogP contribution in [0.4, 0.5) is 17.1 Å². The first-order chi connectivity index (χ1) is 13.5. The lowest BCUT2D eigenvalue weighted by Crippen LogP contribution is -2.13. The maximum atomic E-state index is 12.4. The van der Waals surface area contributed by atoms with E-state index in [1.807, 2.05) is 50.2 Å². The molecule has 0 unspecified atom stereocenters. The van der Waals surface area contributed by atoms with Gasteiger partial charge < -0.3 is 20.1 Å². The third kappa shape index (κ3) is 4.40. The van der Waals surface area contributed by atoms with Gasteiger partial charge in [0.2, 0.25) is 0 Å². The summed E-state index contributed by atoms with van der Waals surface area (Å²) in [6, 6.07) is 14.8. The molecule has 28 heavy (non-hydrogen) atoms. The monoisotopic (exact) mass is 377 g/mol. The number of nitrogens with one attached hydrogen (secondary N) is 2. The molecule has 0 aliphatic heterocycles. The molecule has 1 amide bonds. The number of hydrogen-bond donors (Lipinski definition) is 2. The zero-order chi connectivity index (χ0) is 20.1. The molecule has 1 aromatic heterocycles. The number of aryl methyl sites for hydroxylation is 2. The highest BCUT2D eigenvalue weighted by Crippen LogP contribution is 2.31. The highest BCUT2D eigenvalue weighted by Gasteiger charge is 2.09. The van der Waals surface area contributed by atoms with Gasteiger partial charge in [0.25, 0.3) is 5.91 Å². The number of rotatable bonds is 6. The minimum atomic E-state index is -0.249. The molecule has 2 N–H and O–H groups in total. The summed E-state index contributed by atoms with van der Waals surface area (Å²) >= 11 is 0. The van der Waals surface area contributed by atoms with Crippen molar-refractivity contribution < 1.29 is 14.3 Å². The summed E-state index contributed by atoms with van der Waals surface area (Å²) < 4.78 is 10.5. The number of carbonyl (C=O) groups excluding carboxylic acids is 1. The van der Waals surface area contributed by atoms with Crippen LogP contribution in [0.2, 0.25) is 0 Å². The molecule has 0 aliphatic carbocycles. The Labute approximate surface area is 164 Å². The lowest BCUT2D eigenvalue weighted by molar-refractivity contribution is 0.102. The summed E-state index contributed by atoms with van der Waals surface area (Å²) in [7, 11) is 3.18. The van der Waals surface area contributed by atoms with Crippen LogP contribution in [-0.2, 0) is 0 Å². The second kappa shape index (κ2) is 8.43. The molecule has 0 saturated carbocycles. The van der Waals surface area contributed by atoms with Crippen LogP contribution >= 0.6 is 0 Å². The van der Waals surface area contributed by atoms with Crippen LogP contribution in [0.3, 0.4) is 0 Å².